The maximum absolute atomic E-state index is 12.0. The molecule has 0 radical (unpaired) electrons. The molecule has 0 spiro atoms. The Labute approximate surface area is 308 Å². The number of aliphatic hydroxyl groups excluding tert-OH is 2. The average molecular weight is 730 g/mol. The molecule has 0 aromatic heterocycles. The molecule has 10 nitrogen and oxygen atoms in total. The summed E-state index contributed by atoms with van der Waals surface area (Å²) in [6.45, 7) is 0.570. The van der Waals surface area contributed by atoms with E-state index in [0.29, 0.717) is 49.0 Å². The zero-order chi connectivity index (χ0) is 30.2. The number of amides is 2. The molecular weight excluding hydrogens is 685 g/mol. The van der Waals surface area contributed by atoms with Gasteiger partial charge in [-0.15, -0.1) is 0 Å². The van der Waals surface area contributed by atoms with Gasteiger partial charge in [-0.25, -0.2) is 0 Å². The van der Waals surface area contributed by atoms with Crippen molar-refractivity contribution in [2.45, 2.75) is 112 Å². The number of aliphatic carboxylic acids is 2. The van der Waals surface area contributed by atoms with Gasteiger partial charge in [0, 0.05) is 36.4 Å². The first-order chi connectivity index (χ1) is 18.9. The third-order valence-corrected chi connectivity index (χ3v) is 8.69. The summed E-state index contributed by atoms with van der Waals surface area (Å²) in [6, 6.07) is -2.38. The second-order valence-electron chi connectivity index (χ2n) is 10.2. The van der Waals surface area contributed by atoms with Crippen LogP contribution in [0.25, 0.3) is 0 Å². The maximum atomic E-state index is 12.0. The number of likely N-dealkylation sites (tertiary alicyclic amines) is 2. The quantitative estimate of drug-likeness (QED) is 0.0553. The number of nitrogens with zero attached hydrogens (tertiary/aromatic N) is 2. The van der Waals surface area contributed by atoms with E-state index >= 15 is 0 Å². The number of rotatable bonds is 16. The molecule has 0 aromatic rings. The number of unbranched alkanes of at least 4 members (excludes halogenated alkanes) is 2. The normalized spacial score (nSPS) is 22.7. The Balaban J connectivity index is -0.000000696. The van der Waals surface area contributed by atoms with Crippen molar-refractivity contribution in [2.75, 3.05) is 24.6 Å². The van der Waals surface area contributed by atoms with Gasteiger partial charge in [0.15, 0.2) is 0 Å². The van der Waals surface area contributed by atoms with E-state index in [4.69, 9.17) is 0 Å². The van der Waals surface area contributed by atoms with Crippen molar-refractivity contribution in [1.82, 2.24) is 9.80 Å². The molecule has 2 saturated heterocycles. The van der Waals surface area contributed by atoms with Crippen molar-refractivity contribution in [3.63, 3.8) is 0 Å². The van der Waals surface area contributed by atoms with Crippen LogP contribution in [0.4, 0.5) is 0 Å². The van der Waals surface area contributed by atoms with Gasteiger partial charge in [-0.2, -0.15) is 50.5 Å². The Kier molecular flexibility index (Phi) is 26.7. The van der Waals surface area contributed by atoms with Crippen LogP contribution in [-0.4, -0.2) is 103 Å². The van der Waals surface area contributed by atoms with E-state index in [1.807, 2.05) is 0 Å². The van der Waals surface area contributed by atoms with Crippen LogP contribution < -0.4 is 39.8 Å². The zero-order valence-corrected chi connectivity index (χ0v) is 33.1. The van der Waals surface area contributed by atoms with Crippen molar-refractivity contribution in [3.8, 4) is 0 Å². The molecule has 2 heterocycles. The molecule has 2 N–H and O–H groups in total. The second kappa shape index (κ2) is 25.0. The molecule has 2 fully saturated rings. The minimum Gasteiger partial charge on any atom is -1.00 e. The Bertz CT molecular complexity index is 765. The molecule has 16 heteroatoms. The van der Waals surface area contributed by atoms with E-state index < -0.39 is 36.2 Å². The number of carboxylic acids is 2. The van der Waals surface area contributed by atoms with Gasteiger partial charge >= 0.3 is 49.0 Å². The first kappa shape index (κ1) is 44.9. The molecule has 2 rings (SSSR count). The summed E-state index contributed by atoms with van der Waals surface area (Å²) >= 11 is 17.1. The molecule has 4 unspecified atom stereocenters. The third kappa shape index (κ3) is 16.4. The predicted octanol–water partition coefficient (Wildman–Crippen LogP) is -3.13. The summed E-state index contributed by atoms with van der Waals surface area (Å²) in [5.74, 6) is -1.61. The van der Waals surface area contributed by atoms with E-state index in [1.165, 1.54) is 9.80 Å². The number of hydrogen-bond acceptors (Lipinski definition) is 12. The Morgan fingerprint density at radius 1 is 0.714 bits per heavy atom. The molecular formula is C26H45N2NaO8S4Zn. The molecule has 234 valence electrons. The fourth-order valence-electron chi connectivity index (χ4n) is 4.87. The topological polar surface area (TPSA) is 161 Å². The minimum absolute atomic E-state index is 0. The van der Waals surface area contributed by atoms with Gasteiger partial charge in [0.2, 0.25) is 11.8 Å². The first-order valence-electron chi connectivity index (χ1n) is 13.9. The standard InChI is InChI=1S/2C13H23NO4S2.Na.Zn.H/c2*15-10-5-7-14(12(10)13(17)18)11(16)4-2-1-3-9(20)6-8-19;;;/h2*9-10,12,15,19-20H,1-8H2,(H,17,18);;;/q;;+1;+2;-1/p-2/t2*9?,10?,12-;;;/m00.../s1. The van der Waals surface area contributed by atoms with Gasteiger partial charge in [-0.3, -0.25) is 9.59 Å². The fraction of sp³-hybridized carbons (Fsp3) is 0.846. The van der Waals surface area contributed by atoms with Crippen LogP contribution in [0.1, 0.15) is 78.5 Å². The van der Waals surface area contributed by atoms with E-state index in [-0.39, 0.29) is 75.4 Å². The fourth-order valence-corrected chi connectivity index (χ4v) is 6.52. The molecule has 0 saturated carbocycles. The van der Waals surface area contributed by atoms with E-state index in [9.17, 15) is 39.6 Å². The number of thiol groups is 4. The van der Waals surface area contributed by atoms with E-state index in [0.717, 1.165) is 50.0 Å². The van der Waals surface area contributed by atoms with Crippen LogP contribution in [-0.2, 0) is 38.7 Å². The van der Waals surface area contributed by atoms with Crippen LogP contribution in [0.3, 0.4) is 0 Å². The monoisotopic (exact) mass is 728 g/mol. The molecule has 0 bridgehead atoms. The number of carbonyl (C=O) groups is 4. The second-order valence-corrected chi connectivity index (χ2v) is 12.6. The van der Waals surface area contributed by atoms with Crippen LogP contribution in [0.2, 0.25) is 0 Å². The summed E-state index contributed by atoms with van der Waals surface area (Å²) in [4.78, 5) is 48.3. The largest absolute Gasteiger partial charge is 2.00 e. The van der Waals surface area contributed by atoms with Crippen LogP contribution >= 0.6 is 50.5 Å². The SMILES string of the molecule is O=C([O-])[C@@H]1C(O)CCN1C(=O)CCCCC(S)CCS.O=C([O-])[C@@H]1C(O)CCN1C(=O)CCCCC(S)CCS.[H-].[Na+].[Zn+2]. The van der Waals surface area contributed by atoms with Gasteiger partial charge in [0.25, 0.3) is 0 Å². The first-order valence-corrected chi connectivity index (χ1v) is 16.2. The summed E-state index contributed by atoms with van der Waals surface area (Å²) in [5, 5.41) is 41.6. The Hall–Kier alpha value is 0.823. The van der Waals surface area contributed by atoms with Crippen molar-refractivity contribution in [3.05, 3.63) is 0 Å². The van der Waals surface area contributed by atoms with Crippen LogP contribution in [0.5, 0.6) is 0 Å². The van der Waals surface area contributed by atoms with Crippen molar-refractivity contribution in [2.24, 2.45) is 0 Å². The molecule has 0 aliphatic carbocycles. The smallest absolute Gasteiger partial charge is 1.00 e. The van der Waals surface area contributed by atoms with E-state index in [1.54, 1.807) is 0 Å². The van der Waals surface area contributed by atoms with Gasteiger partial charge in [0.05, 0.1) is 36.2 Å². The molecule has 6 atom stereocenters. The summed E-state index contributed by atoms with van der Waals surface area (Å²) in [7, 11) is 0. The zero-order valence-electron chi connectivity index (χ0n) is 25.5. The summed E-state index contributed by atoms with van der Waals surface area (Å²) < 4.78 is 0. The van der Waals surface area contributed by atoms with Gasteiger partial charge in [-0.05, 0) is 62.9 Å². The molecule has 2 aliphatic heterocycles. The maximum Gasteiger partial charge on any atom is 2.00 e. The van der Waals surface area contributed by atoms with Crippen LogP contribution in [0, 0.1) is 0 Å². The van der Waals surface area contributed by atoms with Gasteiger partial charge < -0.3 is 41.2 Å². The Morgan fingerprint density at radius 3 is 1.33 bits per heavy atom. The minimum atomic E-state index is -1.38. The molecule has 2 amide bonds. The molecule has 42 heavy (non-hydrogen) atoms. The van der Waals surface area contributed by atoms with Crippen molar-refractivity contribution >= 4 is 74.3 Å². The molecule has 0 aromatic carbocycles. The molecule has 2 aliphatic rings. The number of aliphatic hydroxyl groups is 2. The third-order valence-electron chi connectivity index (χ3n) is 7.14. The number of carbonyl (C=O) groups excluding carboxylic acids is 4. The van der Waals surface area contributed by atoms with E-state index in [2.05, 4.69) is 50.5 Å². The van der Waals surface area contributed by atoms with Gasteiger partial charge in [0.1, 0.15) is 0 Å². The summed E-state index contributed by atoms with van der Waals surface area (Å²) in [5.41, 5.74) is 0. The number of carboxylic acid groups (broad SMARTS) is 2. The summed E-state index contributed by atoms with van der Waals surface area (Å²) in [6.07, 6.45) is 6.04. The van der Waals surface area contributed by atoms with Crippen molar-refractivity contribution in [1.29, 1.82) is 0 Å². The number of hydrogen-bond donors (Lipinski definition) is 6. The van der Waals surface area contributed by atoms with Gasteiger partial charge in [-0.1, -0.05) is 12.8 Å². The predicted molar refractivity (Wildman–Crippen MR) is 163 cm³/mol. The van der Waals surface area contributed by atoms with Crippen molar-refractivity contribution < 1.29 is 90.1 Å². The average Bonchev–Trinajstić information content (AvgIpc) is 3.47. The Morgan fingerprint density at radius 2 is 1.05 bits per heavy atom. The van der Waals surface area contributed by atoms with Crippen LogP contribution in [0.15, 0.2) is 0 Å².